The molecule has 0 saturated carbocycles. The van der Waals surface area contributed by atoms with Gasteiger partial charge in [0.2, 0.25) is 0 Å². The summed E-state index contributed by atoms with van der Waals surface area (Å²) in [7, 11) is 0. The standard InChI is InChI=1S/C12H21F3N2O2/c1-3-19-11(18)9(2)16-10-4-6-17(7-5-10)8-12(13,14)15/h9-10,16H,3-8H2,1-2H3. The zero-order valence-corrected chi connectivity index (χ0v) is 11.3. The maximum Gasteiger partial charge on any atom is 0.401 e. The largest absolute Gasteiger partial charge is 0.465 e. The van der Waals surface area contributed by atoms with Crippen LogP contribution < -0.4 is 5.32 Å². The third-order valence-electron chi connectivity index (χ3n) is 3.12. The van der Waals surface area contributed by atoms with Crippen LogP contribution >= 0.6 is 0 Å². The zero-order chi connectivity index (χ0) is 14.5. The minimum Gasteiger partial charge on any atom is -0.465 e. The van der Waals surface area contributed by atoms with Crippen molar-refractivity contribution >= 4 is 5.97 Å². The Bertz CT molecular complexity index is 289. The molecule has 1 unspecified atom stereocenters. The van der Waals surface area contributed by atoms with Crippen LogP contribution in [0.3, 0.4) is 0 Å². The Morgan fingerprint density at radius 2 is 2.00 bits per heavy atom. The predicted octanol–water partition coefficient (Wildman–Crippen LogP) is 1.55. The fourth-order valence-electron chi connectivity index (χ4n) is 2.20. The monoisotopic (exact) mass is 282 g/mol. The lowest BCUT2D eigenvalue weighted by Crippen LogP contribution is -2.49. The molecular weight excluding hydrogens is 261 g/mol. The summed E-state index contributed by atoms with van der Waals surface area (Å²) in [5.74, 6) is -0.319. The summed E-state index contributed by atoms with van der Waals surface area (Å²) >= 11 is 0. The molecule has 1 fully saturated rings. The molecule has 0 aromatic heterocycles. The SMILES string of the molecule is CCOC(=O)C(C)NC1CCN(CC(F)(F)F)CC1. The lowest BCUT2D eigenvalue weighted by Gasteiger charge is -2.33. The van der Waals surface area contributed by atoms with Crippen molar-refractivity contribution in [2.24, 2.45) is 0 Å². The second kappa shape index (κ2) is 7.09. The average molecular weight is 282 g/mol. The van der Waals surface area contributed by atoms with Crippen LogP contribution in [0.4, 0.5) is 13.2 Å². The first-order chi connectivity index (χ1) is 8.81. The van der Waals surface area contributed by atoms with Crippen molar-refractivity contribution in [2.45, 2.75) is 44.9 Å². The Balaban J connectivity index is 2.28. The number of piperidine rings is 1. The number of hydrogen-bond acceptors (Lipinski definition) is 4. The second-order valence-corrected chi connectivity index (χ2v) is 4.81. The van der Waals surface area contributed by atoms with Crippen molar-refractivity contribution < 1.29 is 22.7 Å². The van der Waals surface area contributed by atoms with Crippen LogP contribution in [0.25, 0.3) is 0 Å². The zero-order valence-electron chi connectivity index (χ0n) is 11.3. The molecular formula is C12H21F3N2O2. The van der Waals surface area contributed by atoms with Gasteiger partial charge in [-0.2, -0.15) is 13.2 Å². The average Bonchev–Trinajstić information content (AvgIpc) is 2.30. The molecule has 0 amide bonds. The third-order valence-corrected chi connectivity index (χ3v) is 3.12. The van der Waals surface area contributed by atoms with Gasteiger partial charge in [-0.15, -0.1) is 0 Å². The van der Waals surface area contributed by atoms with E-state index >= 15 is 0 Å². The summed E-state index contributed by atoms with van der Waals surface area (Å²) < 4.78 is 41.5. The van der Waals surface area contributed by atoms with Gasteiger partial charge in [0.15, 0.2) is 0 Å². The molecule has 0 aromatic rings. The summed E-state index contributed by atoms with van der Waals surface area (Å²) in [5.41, 5.74) is 0. The smallest absolute Gasteiger partial charge is 0.401 e. The van der Waals surface area contributed by atoms with Gasteiger partial charge in [0, 0.05) is 6.04 Å². The number of ether oxygens (including phenoxy) is 1. The summed E-state index contributed by atoms with van der Waals surface area (Å²) in [5, 5.41) is 3.10. The van der Waals surface area contributed by atoms with Crippen LogP contribution in [0.2, 0.25) is 0 Å². The molecule has 1 aliphatic heterocycles. The van der Waals surface area contributed by atoms with E-state index in [-0.39, 0.29) is 12.0 Å². The van der Waals surface area contributed by atoms with Crippen LogP contribution in [-0.2, 0) is 9.53 Å². The van der Waals surface area contributed by atoms with Crippen LogP contribution in [0.5, 0.6) is 0 Å². The molecule has 4 nitrogen and oxygen atoms in total. The quantitative estimate of drug-likeness (QED) is 0.777. The number of alkyl halides is 3. The molecule has 1 N–H and O–H groups in total. The first-order valence-electron chi connectivity index (χ1n) is 6.53. The van der Waals surface area contributed by atoms with Gasteiger partial charge < -0.3 is 10.1 Å². The van der Waals surface area contributed by atoms with Crippen molar-refractivity contribution in [3.05, 3.63) is 0 Å². The number of esters is 1. The Hall–Kier alpha value is -0.820. The molecule has 1 saturated heterocycles. The Kier molecular flexibility index (Phi) is 6.06. The number of likely N-dealkylation sites (tertiary alicyclic amines) is 1. The lowest BCUT2D eigenvalue weighted by molar-refractivity contribution is -0.148. The van der Waals surface area contributed by atoms with Gasteiger partial charge in [-0.1, -0.05) is 0 Å². The third kappa shape index (κ3) is 6.24. The van der Waals surface area contributed by atoms with Crippen LogP contribution in [0.15, 0.2) is 0 Å². The molecule has 19 heavy (non-hydrogen) atoms. The molecule has 0 aliphatic carbocycles. The summed E-state index contributed by atoms with van der Waals surface area (Å²) in [6.45, 7) is 3.71. The number of rotatable bonds is 5. The maximum atomic E-state index is 12.2. The number of hydrogen-bond donors (Lipinski definition) is 1. The lowest BCUT2D eigenvalue weighted by atomic mass is 10.0. The van der Waals surface area contributed by atoms with Gasteiger partial charge >= 0.3 is 12.1 Å². The molecule has 7 heteroatoms. The van der Waals surface area contributed by atoms with E-state index in [0.717, 1.165) is 0 Å². The van der Waals surface area contributed by atoms with Gasteiger partial charge in [-0.3, -0.25) is 9.69 Å². The second-order valence-electron chi connectivity index (χ2n) is 4.81. The topological polar surface area (TPSA) is 41.6 Å². The highest BCUT2D eigenvalue weighted by Crippen LogP contribution is 2.19. The number of halogens is 3. The fourth-order valence-corrected chi connectivity index (χ4v) is 2.20. The Labute approximate surface area is 111 Å². The summed E-state index contributed by atoms with van der Waals surface area (Å²) in [4.78, 5) is 12.8. The van der Waals surface area contributed by atoms with E-state index in [9.17, 15) is 18.0 Å². The van der Waals surface area contributed by atoms with Gasteiger partial charge in [-0.25, -0.2) is 0 Å². The van der Waals surface area contributed by atoms with Crippen molar-refractivity contribution in [2.75, 3.05) is 26.2 Å². The molecule has 1 atom stereocenters. The first-order valence-corrected chi connectivity index (χ1v) is 6.53. The van der Waals surface area contributed by atoms with Crippen molar-refractivity contribution in [3.8, 4) is 0 Å². The van der Waals surface area contributed by atoms with Crippen molar-refractivity contribution in [1.82, 2.24) is 10.2 Å². The normalized spacial score (nSPS) is 20.3. The van der Waals surface area contributed by atoms with E-state index < -0.39 is 18.8 Å². The number of nitrogens with one attached hydrogen (secondary N) is 1. The molecule has 0 radical (unpaired) electrons. The maximum absolute atomic E-state index is 12.2. The molecule has 1 rings (SSSR count). The molecule has 0 bridgehead atoms. The van der Waals surface area contributed by atoms with E-state index in [4.69, 9.17) is 4.74 Å². The molecule has 112 valence electrons. The van der Waals surface area contributed by atoms with Crippen LogP contribution in [0.1, 0.15) is 26.7 Å². The minimum atomic E-state index is -4.14. The van der Waals surface area contributed by atoms with Crippen LogP contribution in [-0.4, -0.2) is 55.4 Å². The van der Waals surface area contributed by atoms with E-state index in [0.29, 0.717) is 32.5 Å². The molecule has 1 heterocycles. The predicted molar refractivity (Wildman–Crippen MR) is 64.7 cm³/mol. The number of nitrogens with zero attached hydrogens (tertiary/aromatic N) is 1. The fraction of sp³-hybridized carbons (Fsp3) is 0.917. The summed E-state index contributed by atoms with van der Waals surface area (Å²) in [6.07, 6.45) is -2.92. The first kappa shape index (κ1) is 16.2. The van der Waals surface area contributed by atoms with Crippen molar-refractivity contribution in [1.29, 1.82) is 0 Å². The van der Waals surface area contributed by atoms with E-state index in [1.54, 1.807) is 13.8 Å². The summed E-state index contributed by atoms with van der Waals surface area (Å²) in [6, 6.07) is -0.344. The minimum absolute atomic E-state index is 0.0730. The highest BCUT2D eigenvalue weighted by molar-refractivity contribution is 5.75. The van der Waals surface area contributed by atoms with Gasteiger partial charge in [0.05, 0.1) is 13.2 Å². The highest BCUT2D eigenvalue weighted by Gasteiger charge is 2.32. The van der Waals surface area contributed by atoms with Crippen molar-refractivity contribution in [3.63, 3.8) is 0 Å². The Morgan fingerprint density at radius 3 is 2.47 bits per heavy atom. The number of carbonyl (C=O) groups is 1. The van der Waals surface area contributed by atoms with Gasteiger partial charge in [0.1, 0.15) is 6.04 Å². The molecule has 1 aliphatic rings. The van der Waals surface area contributed by atoms with E-state index in [2.05, 4.69) is 5.32 Å². The van der Waals surface area contributed by atoms with Gasteiger partial charge in [0.25, 0.3) is 0 Å². The Morgan fingerprint density at radius 1 is 1.42 bits per heavy atom. The highest BCUT2D eigenvalue weighted by atomic mass is 19.4. The van der Waals surface area contributed by atoms with E-state index in [1.807, 2.05) is 0 Å². The number of carbonyl (C=O) groups excluding carboxylic acids is 1. The molecule has 0 aromatic carbocycles. The van der Waals surface area contributed by atoms with E-state index in [1.165, 1.54) is 4.90 Å². The molecule has 0 spiro atoms. The van der Waals surface area contributed by atoms with Crippen LogP contribution in [0, 0.1) is 0 Å². The van der Waals surface area contributed by atoms with Gasteiger partial charge in [-0.05, 0) is 39.8 Å².